The number of carbonyl (C=O) groups excluding carboxylic acids is 2. The SMILES string of the molecule is C=C/C=C\C1=C(N)NC(=O)[C@@]12Cc1cc(C#N)c(/C=C/CN(C(=O)C(C)(C)C)[C@H](C)c3cc(F)cc(F)c3)cc1C2. The van der Waals surface area contributed by atoms with Crippen molar-refractivity contribution in [3.63, 3.8) is 0 Å². The van der Waals surface area contributed by atoms with E-state index >= 15 is 0 Å². The van der Waals surface area contributed by atoms with Crippen LogP contribution in [0, 0.1) is 33.8 Å². The molecule has 41 heavy (non-hydrogen) atoms. The van der Waals surface area contributed by atoms with Gasteiger partial charge >= 0.3 is 0 Å². The van der Waals surface area contributed by atoms with E-state index in [0.717, 1.165) is 17.2 Å². The van der Waals surface area contributed by atoms with Crippen LogP contribution < -0.4 is 11.1 Å². The summed E-state index contributed by atoms with van der Waals surface area (Å²) in [5.74, 6) is -1.47. The number of carbonyl (C=O) groups is 2. The van der Waals surface area contributed by atoms with Crippen LogP contribution in [0.4, 0.5) is 8.78 Å². The molecule has 212 valence electrons. The first-order chi connectivity index (χ1) is 19.3. The van der Waals surface area contributed by atoms with Crippen LogP contribution in [-0.2, 0) is 22.4 Å². The number of fused-ring (bicyclic) bond motifs is 1. The van der Waals surface area contributed by atoms with Gasteiger partial charge in [0, 0.05) is 23.6 Å². The Morgan fingerprint density at radius 1 is 1.17 bits per heavy atom. The average Bonchev–Trinajstić information content (AvgIpc) is 3.38. The molecule has 1 aliphatic carbocycles. The molecule has 3 N–H and O–H groups in total. The van der Waals surface area contributed by atoms with Crippen molar-refractivity contribution in [3.05, 3.63) is 112 Å². The molecule has 8 heteroatoms. The second-order valence-electron chi connectivity index (χ2n) is 11.6. The summed E-state index contributed by atoms with van der Waals surface area (Å²) < 4.78 is 27.9. The smallest absolute Gasteiger partial charge is 0.236 e. The standard InChI is InChI=1S/C33H34F2N4O2/c1-6-7-10-28-29(37)38-30(40)33(28)17-23-12-21(25(19-36)13-24(23)18-33)9-8-11-39(31(41)32(3,4)5)20(2)22-14-26(34)16-27(35)15-22/h6-10,12-16,20H,1,11,17-18,37H2,2-5H3,(H,38,40)/b9-8+,10-7-/t20-,33+/m1/s1. The Balaban J connectivity index is 1.65. The molecule has 0 aromatic heterocycles. The van der Waals surface area contributed by atoms with Crippen LogP contribution in [0.1, 0.15) is 61.6 Å². The first kappa shape index (κ1) is 29.5. The summed E-state index contributed by atoms with van der Waals surface area (Å²) in [6.45, 7) is 10.9. The molecule has 1 spiro atoms. The van der Waals surface area contributed by atoms with Gasteiger partial charge in [-0.1, -0.05) is 63.8 Å². The Morgan fingerprint density at radius 3 is 2.39 bits per heavy atom. The highest BCUT2D eigenvalue weighted by Gasteiger charge is 2.51. The third-order valence-corrected chi connectivity index (χ3v) is 7.70. The second kappa shape index (κ2) is 11.2. The van der Waals surface area contributed by atoms with Crippen molar-refractivity contribution in [2.45, 2.75) is 46.6 Å². The van der Waals surface area contributed by atoms with Gasteiger partial charge in [0.25, 0.3) is 0 Å². The van der Waals surface area contributed by atoms with Gasteiger partial charge in [-0.2, -0.15) is 5.26 Å². The summed E-state index contributed by atoms with van der Waals surface area (Å²) in [6.07, 6.45) is 9.53. The van der Waals surface area contributed by atoms with Gasteiger partial charge in [-0.05, 0) is 60.2 Å². The van der Waals surface area contributed by atoms with Crippen LogP contribution in [0.25, 0.3) is 6.08 Å². The number of nitrogens with one attached hydrogen (secondary N) is 1. The third-order valence-electron chi connectivity index (χ3n) is 7.70. The van der Waals surface area contributed by atoms with E-state index in [4.69, 9.17) is 5.73 Å². The number of allylic oxidation sites excluding steroid dienone is 3. The molecule has 2 amide bonds. The quantitative estimate of drug-likeness (QED) is 0.433. The molecule has 2 aromatic carbocycles. The van der Waals surface area contributed by atoms with E-state index in [9.17, 15) is 23.6 Å². The van der Waals surface area contributed by atoms with Crippen molar-refractivity contribution in [1.29, 1.82) is 5.26 Å². The van der Waals surface area contributed by atoms with Gasteiger partial charge in [-0.3, -0.25) is 9.59 Å². The molecule has 0 saturated carbocycles. The fourth-order valence-corrected chi connectivity index (χ4v) is 5.58. The lowest BCUT2D eigenvalue weighted by atomic mass is 9.78. The van der Waals surface area contributed by atoms with Gasteiger partial charge in [0.2, 0.25) is 11.8 Å². The van der Waals surface area contributed by atoms with Crippen molar-refractivity contribution in [2.75, 3.05) is 6.54 Å². The summed E-state index contributed by atoms with van der Waals surface area (Å²) in [4.78, 5) is 28.0. The highest BCUT2D eigenvalue weighted by Crippen LogP contribution is 2.47. The predicted molar refractivity (Wildman–Crippen MR) is 155 cm³/mol. The molecule has 4 rings (SSSR count). The van der Waals surface area contributed by atoms with E-state index in [2.05, 4.69) is 18.0 Å². The maximum Gasteiger partial charge on any atom is 0.236 e. The fraction of sp³-hybridized carbons (Fsp3) is 0.303. The minimum Gasteiger partial charge on any atom is -0.385 e. The number of nitriles is 1. The zero-order chi connectivity index (χ0) is 30.1. The Kier molecular flexibility index (Phi) is 8.03. The molecule has 0 saturated heterocycles. The molecular formula is C33H34F2N4O2. The molecule has 2 aromatic rings. The van der Waals surface area contributed by atoms with E-state index < -0.39 is 28.5 Å². The number of nitrogens with two attached hydrogens (primary N) is 1. The summed E-state index contributed by atoms with van der Waals surface area (Å²) >= 11 is 0. The van der Waals surface area contributed by atoms with E-state index in [0.29, 0.717) is 40.9 Å². The summed E-state index contributed by atoms with van der Waals surface area (Å²) in [5.41, 5.74) is 8.52. The number of hydrogen-bond donors (Lipinski definition) is 2. The topological polar surface area (TPSA) is 99.2 Å². The molecule has 0 fully saturated rings. The number of nitrogens with zero attached hydrogens (tertiary/aromatic N) is 2. The molecule has 0 radical (unpaired) electrons. The van der Waals surface area contributed by atoms with Crippen LogP contribution >= 0.6 is 0 Å². The Hall–Kier alpha value is -4.51. The monoisotopic (exact) mass is 556 g/mol. The summed E-state index contributed by atoms with van der Waals surface area (Å²) in [5, 5.41) is 12.7. The van der Waals surface area contributed by atoms with E-state index in [1.807, 2.05) is 6.07 Å². The lowest BCUT2D eigenvalue weighted by molar-refractivity contribution is -0.141. The molecule has 6 nitrogen and oxygen atoms in total. The minimum atomic E-state index is -0.855. The van der Waals surface area contributed by atoms with Crippen molar-refractivity contribution in [2.24, 2.45) is 16.6 Å². The third kappa shape index (κ3) is 5.71. The Labute approximate surface area is 239 Å². The van der Waals surface area contributed by atoms with E-state index in [1.165, 1.54) is 12.1 Å². The largest absolute Gasteiger partial charge is 0.385 e. The van der Waals surface area contributed by atoms with Crippen molar-refractivity contribution in [3.8, 4) is 6.07 Å². The van der Waals surface area contributed by atoms with Gasteiger partial charge in [-0.15, -0.1) is 0 Å². The van der Waals surface area contributed by atoms with Gasteiger partial charge in [0.1, 0.15) is 17.5 Å². The number of rotatable bonds is 7. The number of hydrogen-bond acceptors (Lipinski definition) is 4. The van der Waals surface area contributed by atoms with E-state index in [1.54, 1.807) is 69.0 Å². The normalized spacial score (nSPS) is 19.1. The lowest BCUT2D eigenvalue weighted by Crippen LogP contribution is -2.41. The summed E-state index contributed by atoms with van der Waals surface area (Å²) in [7, 11) is 0. The maximum atomic E-state index is 14.0. The average molecular weight is 557 g/mol. The summed E-state index contributed by atoms with van der Waals surface area (Å²) in [6, 6.07) is 8.58. The molecule has 0 bridgehead atoms. The maximum absolute atomic E-state index is 14.0. The molecule has 2 aliphatic rings. The van der Waals surface area contributed by atoms with Gasteiger partial charge in [0.15, 0.2) is 0 Å². The molecular weight excluding hydrogens is 522 g/mol. The van der Waals surface area contributed by atoms with Crippen molar-refractivity contribution >= 4 is 17.9 Å². The van der Waals surface area contributed by atoms with Gasteiger partial charge in [-0.25, -0.2) is 8.78 Å². The molecule has 1 heterocycles. The van der Waals surface area contributed by atoms with Crippen LogP contribution in [0.3, 0.4) is 0 Å². The first-order valence-electron chi connectivity index (χ1n) is 13.4. The van der Waals surface area contributed by atoms with E-state index in [-0.39, 0.29) is 18.4 Å². The highest BCUT2D eigenvalue weighted by molar-refractivity contribution is 5.93. The second-order valence-corrected chi connectivity index (χ2v) is 11.6. The lowest BCUT2D eigenvalue weighted by Gasteiger charge is -2.34. The molecule has 2 atom stereocenters. The van der Waals surface area contributed by atoms with Gasteiger partial charge in [0.05, 0.1) is 23.1 Å². The number of amides is 2. The van der Waals surface area contributed by atoms with Crippen LogP contribution in [0.5, 0.6) is 0 Å². The van der Waals surface area contributed by atoms with Crippen LogP contribution in [-0.4, -0.2) is 23.3 Å². The highest BCUT2D eigenvalue weighted by atomic mass is 19.1. The first-order valence-corrected chi connectivity index (χ1v) is 13.4. The van der Waals surface area contributed by atoms with Crippen LogP contribution in [0.15, 0.2) is 72.6 Å². The van der Waals surface area contributed by atoms with Gasteiger partial charge < -0.3 is 16.0 Å². The number of benzene rings is 2. The zero-order valence-corrected chi connectivity index (χ0v) is 23.7. The van der Waals surface area contributed by atoms with Crippen LogP contribution in [0.2, 0.25) is 0 Å². The Morgan fingerprint density at radius 2 is 1.80 bits per heavy atom. The van der Waals surface area contributed by atoms with Crippen molar-refractivity contribution < 1.29 is 18.4 Å². The molecule has 1 aliphatic heterocycles. The Bertz CT molecular complexity index is 1540. The minimum absolute atomic E-state index is 0.152. The number of halogens is 2. The zero-order valence-electron chi connectivity index (χ0n) is 23.7. The molecule has 0 unspecified atom stereocenters. The van der Waals surface area contributed by atoms with Crippen molar-refractivity contribution in [1.82, 2.24) is 10.2 Å². The predicted octanol–water partition coefficient (Wildman–Crippen LogP) is 5.61. The fourth-order valence-electron chi connectivity index (χ4n) is 5.58.